The zero-order valence-electron chi connectivity index (χ0n) is 34.1. The second-order valence-corrected chi connectivity index (χ2v) is 15.0. The van der Waals surface area contributed by atoms with E-state index in [1.807, 2.05) is 12.2 Å². The van der Waals surface area contributed by atoms with Crippen molar-refractivity contribution in [3.63, 3.8) is 0 Å². The molecule has 3 N–H and O–H groups in total. The van der Waals surface area contributed by atoms with E-state index in [-0.39, 0.29) is 12.8 Å². The summed E-state index contributed by atoms with van der Waals surface area (Å²) in [4.78, 5) is 34.4. The molecule has 55 heavy (non-hydrogen) atoms. The van der Waals surface area contributed by atoms with Crippen LogP contribution in [0.1, 0.15) is 155 Å². The number of ether oxygens (including phenoxy) is 2. The number of rotatable bonds is 38. The maximum atomic E-state index is 12.3. The van der Waals surface area contributed by atoms with Gasteiger partial charge in [-0.25, -0.2) is 4.57 Å². The fourth-order valence-corrected chi connectivity index (χ4v) is 6.04. The third-order valence-electron chi connectivity index (χ3n) is 8.45. The summed E-state index contributed by atoms with van der Waals surface area (Å²) in [5.74, 6) is -1.11. The van der Waals surface area contributed by atoms with Gasteiger partial charge in [-0.3, -0.25) is 18.6 Å². The highest BCUT2D eigenvalue weighted by Crippen LogP contribution is 2.43. The van der Waals surface area contributed by atoms with Gasteiger partial charge >= 0.3 is 19.8 Å². The van der Waals surface area contributed by atoms with E-state index in [9.17, 15) is 29.3 Å². The van der Waals surface area contributed by atoms with Gasteiger partial charge < -0.3 is 24.6 Å². The van der Waals surface area contributed by atoms with Crippen molar-refractivity contribution >= 4 is 19.8 Å². The van der Waals surface area contributed by atoms with Crippen LogP contribution in [0.3, 0.4) is 0 Å². The van der Waals surface area contributed by atoms with Gasteiger partial charge in [0.25, 0.3) is 0 Å². The minimum absolute atomic E-state index is 0.0643. The van der Waals surface area contributed by atoms with Gasteiger partial charge in [0.1, 0.15) is 12.2 Å². The molecule has 0 aliphatic rings. The summed E-state index contributed by atoms with van der Waals surface area (Å²) in [5, 5.41) is 19.1. The van der Waals surface area contributed by atoms with Gasteiger partial charge in [0, 0.05) is 12.8 Å². The molecule has 10 nitrogen and oxygen atoms in total. The lowest BCUT2D eigenvalue weighted by Gasteiger charge is -2.20. The minimum atomic E-state index is -4.66. The van der Waals surface area contributed by atoms with Crippen LogP contribution >= 0.6 is 7.82 Å². The maximum Gasteiger partial charge on any atom is 0.472 e. The molecule has 0 aromatic heterocycles. The van der Waals surface area contributed by atoms with Crippen LogP contribution in [-0.2, 0) is 32.7 Å². The average Bonchev–Trinajstić information content (AvgIpc) is 3.17. The first kappa shape index (κ1) is 52.4. The van der Waals surface area contributed by atoms with Crippen molar-refractivity contribution in [1.82, 2.24) is 0 Å². The van der Waals surface area contributed by atoms with Crippen LogP contribution in [0.5, 0.6) is 0 Å². The van der Waals surface area contributed by atoms with Crippen LogP contribution < -0.4 is 0 Å². The van der Waals surface area contributed by atoms with Crippen molar-refractivity contribution in [2.45, 2.75) is 167 Å². The smallest absolute Gasteiger partial charge is 0.457 e. The van der Waals surface area contributed by atoms with Crippen LogP contribution in [0.15, 0.2) is 72.9 Å². The van der Waals surface area contributed by atoms with E-state index in [0.717, 1.165) is 57.8 Å². The Morgan fingerprint density at radius 1 is 0.509 bits per heavy atom. The van der Waals surface area contributed by atoms with Crippen LogP contribution in [0.2, 0.25) is 0 Å². The molecule has 0 heterocycles. The van der Waals surface area contributed by atoms with E-state index in [4.69, 9.17) is 18.5 Å². The van der Waals surface area contributed by atoms with Gasteiger partial charge in [-0.1, -0.05) is 164 Å². The molecule has 0 spiro atoms. The molecule has 0 saturated carbocycles. The van der Waals surface area contributed by atoms with E-state index in [1.165, 1.54) is 57.8 Å². The largest absolute Gasteiger partial charge is 0.472 e. The van der Waals surface area contributed by atoms with E-state index in [1.54, 1.807) is 0 Å². The SMILES string of the molecule is CC/C=C\C/C=C\C/C=C\C/C=C\C/C=C\C/C=C\CCC(=O)OC(CO)COP(=O)(O)OCC(CO)OC(=O)CCCCCCCCCCCCCCC. The number of hydrogen-bond donors (Lipinski definition) is 3. The molecular formula is C44H75O10P. The lowest BCUT2D eigenvalue weighted by molar-refractivity contribution is -0.153. The minimum Gasteiger partial charge on any atom is -0.457 e. The normalized spacial score (nSPS) is 14.6. The zero-order chi connectivity index (χ0) is 40.5. The molecule has 0 aliphatic heterocycles. The van der Waals surface area contributed by atoms with Crippen molar-refractivity contribution in [1.29, 1.82) is 0 Å². The number of phosphoric acid groups is 1. The molecule has 3 atom stereocenters. The van der Waals surface area contributed by atoms with Crippen molar-refractivity contribution in [2.24, 2.45) is 0 Å². The Morgan fingerprint density at radius 2 is 0.855 bits per heavy atom. The van der Waals surface area contributed by atoms with Gasteiger partial charge in [-0.05, 0) is 51.4 Å². The standard InChI is InChI=1S/C44H75O10P/c1-3-5-7-9-11-13-15-17-18-19-20-21-22-24-26-28-30-32-34-36-44(48)54-42(38-46)40-52-55(49,50)51-39-41(37-45)53-43(47)35-33-31-29-27-25-23-16-14-12-10-8-6-4-2/h5,7,11,13,17-18,20-21,24,26,30,32,41-42,45-46H,3-4,6,8-10,12,14-16,19,22-23,25,27-29,31,33-40H2,1-2H3,(H,49,50)/b7-5-,13-11-,18-17-,21-20-,26-24-,32-30-. The van der Waals surface area contributed by atoms with Gasteiger partial charge in [0.05, 0.1) is 26.4 Å². The average molecular weight is 795 g/mol. The van der Waals surface area contributed by atoms with E-state index < -0.39 is 58.4 Å². The van der Waals surface area contributed by atoms with Crippen molar-refractivity contribution in [2.75, 3.05) is 26.4 Å². The highest BCUT2D eigenvalue weighted by molar-refractivity contribution is 7.47. The van der Waals surface area contributed by atoms with E-state index in [2.05, 4.69) is 74.6 Å². The molecule has 0 saturated heterocycles. The molecule has 0 aromatic carbocycles. The first-order chi connectivity index (χ1) is 26.8. The summed E-state index contributed by atoms with van der Waals surface area (Å²) in [6.07, 6.45) is 44.6. The van der Waals surface area contributed by atoms with E-state index >= 15 is 0 Å². The monoisotopic (exact) mass is 795 g/mol. The zero-order valence-corrected chi connectivity index (χ0v) is 35.0. The van der Waals surface area contributed by atoms with Gasteiger partial charge in [0.15, 0.2) is 0 Å². The molecule has 0 amide bonds. The number of aliphatic hydroxyl groups excluding tert-OH is 2. The third kappa shape index (κ3) is 38.1. The summed E-state index contributed by atoms with van der Waals surface area (Å²) in [5.41, 5.74) is 0. The molecule has 3 unspecified atom stereocenters. The molecule has 316 valence electrons. The van der Waals surface area contributed by atoms with Crippen LogP contribution in [0.25, 0.3) is 0 Å². The predicted octanol–water partition coefficient (Wildman–Crippen LogP) is 10.9. The second kappa shape index (κ2) is 39.6. The van der Waals surface area contributed by atoms with Crippen LogP contribution in [0, 0.1) is 0 Å². The Balaban J connectivity index is 4.06. The Labute approximate surface area is 333 Å². The number of carbonyl (C=O) groups excluding carboxylic acids is 2. The van der Waals surface area contributed by atoms with Gasteiger partial charge in [-0.15, -0.1) is 0 Å². The summed E-state index contributed by atoms with van der Waals surface area (Å²) < 4.78 is 32.4. The van der Waals surface area contributed by atoms with E-state index in [0.29, 0.717) is 12.8 Å². The Bertz CT molecular complexity index is 1140. The predicted molar refractivity (Wildman–Crippen MR) is 223 cm³/mol. The van der Waals surface area contributed by atoms with Crippen molar-refractivity contribution in [3.8, 4) is 0 Å². The maximum absolute atomic E-state index is 12.3. The topological polar surface area (TPSA) is 149 Å². The molecule has 0 aliphatic carbocycles. The summed E-state index contributed by atoms with van der Waals surface area (Å²) in [6.45, 7) is 1.99. The lowest BCUT2D eigenvalue weighted by atomic mass is 10.0. The summed E-state index contributed by atoms with van der Waals surface area (Å²) in [6, 6.07) is 0. The number of unbranched alkanes of at least 4 members (excludes halogenated alkanes) is 12. The van der Waals surface area contributed by atoms with Crippen LogP contribution in [-0.4, -0.2) is 65.7 Å². The molecule has 0 fully saturated rings. The van der Waals surface area contributed by atoms with Gasteiger partial charge in [0.2, 0.25) is 0 Å². The second-order valence-electron chi connectivity index (χ2n) is 13.6. The molecule has 0 radical (unpaired) electrons. The Kier molecular flexibility index (Phi) is 37.8. The number of hydrogen-bond acceptors (Lipinski definition) is 9. The highest BCUT2D eigenvalue weighted by Gasteiger charge is 2.27. The molecule has 0 bridgehead atoms. The van der Waals surface area contributed by atoms with Crippen molar-refractivity contribution < 1.29 is 47.8 Å². The Morgan fingerprint density at radius 3 is 1.24 bits per heavy atom. The quantitative estimate of drug-likeness (QED) is 0.0239. The number of phosphoric ester groups is 1. The first-order valence-electron chi connectivity index (χ1n) is 20.9. The molecule has 0 aromatic rings. The molecule has 0 rings (SSSR count). The number of esters is 2. The summed E-state index contributed by atoms with van der Waals surface area (Å²) >= 11 is 0. The van der Waals surface area contributed by atoms with Crippen molar-refractivity contribution in [3.05, 3.63) is 72.9 Å². The highest BCUT2D eigenvalue weighted by atomic mass is 31.2. The Hall–Kier alpha value is -2.59. The third-order valence-corrected chi connectivity index (χ3v) is 9.40. The first-order valence-corrected chi connectivity index (χ1v) is 22.4. The molecule has 11 heteroatoms. The fourth-order valence-electron chi connectivity index (χ4n) is 5.26. The lowest BCUT2D eigenvalue weighted by Crippen LogP contribution is -2.28. The number of allylic oxidation sites excluding steroid dienone is 12. The molecular weight excluding hydrogens is 719 g/mol. The van der Waals surface area contributed by atoms with Crippen LogP contribution in [0.4, 0.5) is 0 Å². The number of aliphatic hydroxyl groups is 2. The van der Waals surface area contributed by atoms with Gasteiger partial charge in [-0.2, -0.15) is 0 Å². The fraction of sp³-hybridized carbons (Fsp3) is 0.682. The number of carbonyl (C=O) groups is 2. The summed E-state index contributed by atoms with van der Waals surface area (Å²) in [7, 11) is -4.66.